The molecule has 390 valence electrons. The molecule has 14 atom stereocenters. The van der Waals surface area contributed by atoms with Crippen LogP contribution in [0.5, 0.6) is 0 Å². The number of nitrogens with one attached hydrogen (secondary N) is 2. The Balaban J connectivity index is 1.42. The minimum absolute atomic E-state index is 0.00634. The normalized spacial score (nSPS) is 33.9. The highest BCUT2D eigenvalue weighted by Gasteiger charge is 2.54. The van der Waals surface area contributed by atoms with Crippen LogP contribution in [0, 0.1) is 23.7 Å². The summed E-state index contributed by atoms with van der Waals surface area (Å²) < 4.78 is 37.7. The number of alkyl carbamates (subject to hydrolysis) is 1. The Labute approximate surface area is 414 Å². The molecule has 17 nitrogen and oxygen atoms in total. The zero-order chi connectivity index (χ0) is 51.5. The van der Waals surface area contributed by atoms with Gasteiger partial charge in [0.15, 0.2) is 6.29 Å². The van der Waals surface area contributed by atoms with E-state index in [-0.39, 0.29) is 50.4 Å². The molecule has 3 aliphatic rings. The minimum atomic E-state index is -2.14. The van der Waals surface area contributed by atoms with E-state index in [2.05, 4.69) is 15.6 Å². The summed E-state index contributed by atoms with van der Waals surface area (Å²) in [5, 5.41) is 29.6. The van der Waals surface area contributed by atoms with E-state index in [0.717, 1.165) is 12.8 Å². The number of aliphatic hydroxyl groups excluding tert-OH is 1. The van der Waals surface area contributed by atoms with E-state index in [0.29, 0.717) is 23.5 Å². The smallest absolute Gasteiger partial charge is 0.407 e. The Morgan fingerprint density at radius 3 is 2.20 bits per heavy atom. The summed E-state index contributed by atoms with van der Waals surface area (Å²) in [4.78, 5) is 75.8. The van der Waals surface area contributed by atoms with E-state index in [1.165, 1.54) is 45.1 Å². The van der Waals surface area contributed by atoms with E-state index in [1.807, 2.05) is 50.2 Å². The monoisotopic (exact) mass is 981 g/mol. The Bertz CT molecular complexity index is 2030. The number of hydrogen-bond acceptors (Lipinski definition) is 15. The largest absolute Gasteiger partial charge is 0.461 e. The second-order valence-corrected chi connectivity index (χ2v) is 20.6. The Kier molecular flexibility index (Phi) is 20.3. The van der Waals surface area contributed by atoms with Crippen molar-refractivity contribution in [3.8, 4) is 0 Å². The van der Waals surface area contributed by atoms with Crippen LogP contribution in [0.1, 0.15) is 134 Å². The average Bonchev–Trinajstić information content (AvgIpc) is 3.34. The number of ether oxygens (including phenoxy) is 6. The van der Waals surface area contributed by atoms with Gasteiger partial charge in [-0.2, -0.15) is 0 Å². The van der Waals surface area contributed by atoms with E-state index in [9.17, 15) is 34.2 Å². The topological polar surface area (TPSA) is 221 Å². The van der Waals surface area contributed by atoms with Gasteiger partial charge in [0, 0.05) is 56.0 Å². The first-order valence-electron chi connectivity index (χ1n) is 25.2. The second-order valence-electron chi connectivity index (χ2n) is 20.6. The third kappa shape index (κ3) is 14.1. The van der Waals surface area contributed by atoms with Gasteiger partial charge in [0.25, 0.3) is 5.91 Å². The van der Waals surface area contributed by atoms with Gasteiger partial charge in [-0.05, 0) is 109 Å². The lowest BCUT2D eigenvalue weighted by Crippen LogP contribution is -2.61. The van der Waals surface area contributed by atoms with Crippen molar-refractivity contribution in [2.24, 2.45) is 23.7 Å². The van der Waals surface area contributed by atoms with E-state index < -0.39 is 95.5 Å². The third-order valence-electron chi connectivity index (χ3n) is 14.9. The van der Waals surface area contributed by atoms with Crippen LogP contribution in [0.4, 0.5) is 4.79 Å². The lowest BCUT2D eigenvalue weighted by molar-refractivity contribution is -0.301. The SMILES string of the molecule is CC[C@H]1OC(=O)[C@H](C)[C@@H](OC(=O)Cc2cccnc2)[C@H](C)[C@@H](O[C@@H]2O[C@H](C)C[C@H](N(C)C)[C@H]2O)[C@](C)(OC)C[C@@H](C)C(=O)[C@H](C)[C@@H](OC(=O)NCCNC(=O)c2ccc(C3CCCCC3)cc2)[C@]1(C)O. The predicted octanol–water partition coefficient (Wildman–Crippen LogP) is 5.91. The molecule has 17 heteroatoms. The summed E-state index contributed by atoms with van der Waals surface area (Å²) in [6, 6.07) is 10.7. The van der Waals surface area contributed by atoms with Crippen LogP contribution in [0.3, 0.4) is 0 Å². The van der Waals surface area contributed by atoms with Crippen molar-refractivity contribution in [2.45, 2.75) is 179 Å². The molecule has 1 saturated carbocycles. The lowest BCUT2D eigenvalue weighted by Gasteiger charge is -2.48. The van der Waals surface area contributed by atoms with Crippen molar-refractivity contribution in [2.75, 3.05) is 34.3 Å². The van der Waals surface area contributed by atoms with Crippen molar-refractivity contribution in [1.29, 1.82) is 0 Å². The molecular formula is C53H80N4O13. The molecular weight excluding hydrogens is 901 g/mol. The number of methoxy groups -OCH3 is 1. The van der Waals surface area contributed by atoms with Gasteiger partial charge in [0.2, 0.25) is 0 Å². The number of ketones is 1. The Morgan fingerprint density at radius 1 is 0.914 bits per heavy atom. The second kappa shape index (κ2) is 25.2. The number of aromatic nitrogens is 1. The van der Waals surface area contributed by atoms with Crippen molar-refractivity contribution < 1.29 is 62.6 Å². The highest BCUT2D eigenvalue weighted by molar-refractivity contribution is 5.94. The van der Waals surface area contributed by atoms with Gasteiger partial charge in [-0.3, -0.25) is 24.2 Å². The number of benzene rings is 1. The summed E-state index contributed by atoms with van der Waals surface area (Å²) in [5.41, 5.74) is -1.23. The summed E-state index contributed by atoms with van der Waals surface area (Å²) in [7, 11) is 5.16. The first kappa shape index (κ1) is 56.4. The van der Waals surface area contributed by atoms with Crippen LogP contribution >= 0.6 is 0 Å². The molecule has 70 heavy (non-hydrogen) atoms. The third-order valence-corrected chi connectivity index (χ3v) is 14.9. The van der Waals surface area contributed by atoms with Gasteiger partial charge < -0.3 is 54.2 Å². The summed E-state index contributed by atoms with van der Waals surface area (Å²) >= 11 is 0. The molecule has 5 rings (SSSR count). The highest BCUT2D eigenvalue weighted by Crippen LogP contribution is 2.41. The summed E-state index contributed by atoms with van der Waals surface area (Å²) in [6.45, 7) is 13.2. The molecule has 1 aromatic heterocycles. The quantitative estimate of drug-likeness (QED) is 0.0982. The molecule has 0 radical (unpaired) electrons. The fraction of sp³-hybridized carbons (Fsp3) is 0.698. The molecule has 2 aliphatic heterocycles. The molecule has 0 spiro atoms. The minimum Gasteiger partial charge on any atom is -0.461 e. The predicted molar refractivity (Wildman–Crippen MR) is 260 cm³/mol. The van der Waals surface area contributed by atoms with Gasteiger partial charge in [-0.25, -0.2) is 4.79 Å². The van der Waals surface area contributed by atoms with Crippen LogP contribution in [-0.4, -0.2) is 144 Å². The number of likely N-dealkylation sites (N-methyl/N-ethyl adjacent to an activating group) is 1. The molecule has 2 aromatic rings. The van der Waals surface area contributed by atoms with Crippen molar-refractivity contribution in [3.05, 3.63) is 65.5 Å². The van der Waals surface area contributed by atoms with Crippen LogP contribution in [-0.2, 0) is 49.2 Å². The van der Waals surface area contributed by atoms with Gasteiger partial charge in [-0.1, -0.05) is 65.2 Å². The number of rotatable bonds is 14. The Morgan fingerprint density at radius 2 is 1.59 bits per heavy atom. The molecule has 0 bridgehead atoms. The van der Waals surface area contributed by atoms with Gasteiger partial charge in [-0.15, -0.1) is 0 Å². The van der Waals surface area contributed by atoms with E-state index in [4.69, 9.17) is 28.4 Å². The zero-order valence-corrected chi connectivity index (χ0v) is 43.2. The zero-order valence-electron chi connectivity index (χ0n) is 43.2. The summed E-state index contributed by atoms with van der Waals surface area (Å²) in [6.07, 6.45) is 0.600. The molecule has 2 amide bonds. The summed E-state index contributed by atoms with van der Waals surface area (Å²) in [5.74, 6) is -5.79. The number of carbonyl (C=O) groups excluding carboxylic acids is 5. The van der Waals surface area contributed by atoms with E-state index in [1.54, 1.807) is 59.9 Å². The standard InChI is InChI=1S/C53H80N4O13/c1-12-41-53(8,64)47(70-51(63)56-26-25-55-48(61)39-22-20-38(21-23-39)37-18-14-13-15-19-37)33(4)43(59)31(2)29-52(7,65-11)46(69-50-44(60)40(57(9)10)27-32(3)66-50)34(5)45(35(6)49(62)67-41)68-42(58)28-36-17-16-24-54-30-36/h16-17,20-24,30-35,37,40-41,44-47,50,60,64H,12-15,18-19,25-29H2,1-11H3,(H,55,61)(H,56,63)/t31-,32-,33+,34+,35-,40+,41-,44-,45+,46-,47-,50+,52-,53-/m1/s1. The van der Waals surface area contributed by atoms with Crippen molar-refractivity contribution in [1.82, 2.24) is 20.5 Å². The van der Waals surface area contributed by atoms with Gasteiger partial charge >= 0.3 is 18.0 Å². The highest BCUT2D eigenvalue weighted by atomic mass is 16.7. The molecule has 0 unspecified atom stereocenters. The number of hydrogen-bond donors (Lipinski definition) is 4. The molecule has 1 aliphatic carbocycles. The number of carbonyl (C=O) groups is 5. The van der Waals surface area contributed by atoms with Gasteiger partial charge in [0.1, 0.15) is 35.8 Å². The maximum Gasteiger partial charge on any atom is 0.407 e. The first-order valence-corrected chi connectivity index (χ1v) is 25.2. The maximum absolute atomic E-state index is 14.7. The maximum atomic E-state index is 14.7. The number of Topliss-reactive ketones (excluding diaryl/α,β-unsaturated/α-hetero) is 1. The molecule has 2 saturated heterocycles. The molecule has 3 fully saturated rings. The number of nitrogens with zero attached hydrogens (tertiary/aromatic N) is 2. The number of amides is 2. The Hall–Kier alpha value is -4.52. The van der Waals surface area contributed by atoms with Crippen LogP contribution in [0.2, 0.25) is 0 Å². The van der Waals surface area contributed by atoms with Crippen LogP contribution in [0.15, 0.2) is 48.8 Å². The van der Waals surface area contributed by atoms with E-state index >= 15 is 0 Å². The molecule has 3 heterocycles. The number of aliphatic hydroxyl groups is 2. The lowest BCUT2D eigenvalue weighted by atomic mass is 9.73. The first-order chi connectivity index (χ1) is 33.1. The van der Waals surface area contributed by atoms with Crippen molar-refractivity contribution in [3.63, 3.8) is 0 Å². The van der Waals surface area contributed by atoms with Crippen LogP contribution < -0.4 is 10.6 Å². The fourth-order valence-electron chi connectivity index (χ4n) is 10.8. The van der Waals surface area contributed by atoms with Crippen LogP contribution in [0.25, 0.3) is 0 Å². The number of pyridine rings is 1. The molecule has 1 aromatic carbocycles. The number of cyclic esters (lactones) is 1. The fourth-order valence-corrected chi connectivity index (χ4v) is 10.8. The molecule has 4 N–H and O–H groups in total. The van der Waals surface area contributed by atoms with Crippen molar-refractivity contribution >= 4 is 29.7 Å². The average molecular weight is 981 g/mol. The number of esters is 2. The van der Waals surface area contributed by atoms with Gasteiger partial charge in [0.05, 0.1) is 36.1 Å².